The molecular formula is C18H13FInNO2S2. The van der Waals surface area contributed by atoms with Crippen LogP contribution in [-0.4, -0.2) is 41.5 Å². The van der Waals surface area contributed by atoms with E-state index in [1.54, 1.807) is 0 Å². The molecule has 0 atom stereocenters. The molecule has 0 aromatic heterocycles. The predicted octanol–water partition coefficient (Wildman–Crippen LogP) is 2.37. The Labute approximate surface area is 157 Å². The van der Waals surface area contributed by atoms with Gasteiger partial charge in [-0.05, 0) is 0 Å². The van der Waals surface area contributed by atoms with Crippen LogP contribution in [0.2, 0.25) is 0 Å². The number of nitrogens with one attached hydrogen (secondary N) is 1. The first-order valence-electron chi connectivity index (χ1n) is 7.98. The van der Waals surface area contributed by atoms with Crippen LogP contribution in [0.1, 0.15) is 5.56 Å². The van der Waals surface area contributed by atoms with E-state index in [9.17, 15) is 12.8 Å². The van der Waals surface area contributed by atoms with Crippen molar-refractivity contribution in [2.75, 3.05) is 11.6 Å². The Hall–Kier alpha value is -1.18. The van der Waals surface area contributed by atoms with Gasteiger partial charge in [0.15, 0.2) is 0 Å². The molecular weight excluding hydrogens is 460 g/mol. The Morgan fingerprint density at radius 3 is 2.52 bits per heavy atom. The van der Waals surface area contributed by atoms with Gasteiger partial charge in [-0.2, -0.15) is 0 Å². The summed E-state index contributed by atoms with van der Waals surface area (Å²) in [5, 5.41) is 3.43. The summed E-state index contributed by atoms with van der Waals surface area (Å²) in [4.78, 5) is 0.203. The van der Waals surface area contributed by atoms with Crippen LogP contribution in [0.15, 0.2) is 65.1 Å². The van der Waals surface area contributed by atoms with Gasteiger partial charge in [0.1, 0.15) is 0 Å². The fourth-order valence-electron chi connectivity index (χ4n) is 3.90. The number of benzene rings is 2. The van der Waals surface area contributed by atoms with Gasteiger partial charge < -0.3 is 0 Å². The topological polar surface area (TPSA) is 46.2 Å². The van der Waals surface area contributed by atoms with Crippen LogP contribution in [0, 0.1) is 5.82 Å². The van der Waals surface area contributed by atoms with Crippen LogP contribution >= 0.6 is 11.8 Å². The zero-order valence-corrected chi connectivity index (χ0v) is 18.0. The van der Waals surface area contributed by atoms with E-state index in [0.717, 1.165) is 22.8 Å². The van der Waals surface area contributed by atoms with Gasteiger partial charge in [0, 0.05) is 0 Å². The van der Waals surface area contributed by atoms with E-state index in [1.165, 1.54) is 36.6 Å². The Morgan fingerprint density at radius 1 is 1.08 bits per heavy atom. The molecule has 124 valence electrons. The number of hydrogen-bond donors (Lipinski definition) is 1. The molecule has 7 heteroatoms. The molecule has 2 aromatic rings. The van der Waals surface area contributed by atoms with E-state index in [-0.39, 0.29) is 4.90 Å². The van der Waals surface area contributed by atoms with Gasteiger partial charge in [0.2, 0.25) is 0 Å². The molecule has 0 amide bonds. The average molecular weight is 473 g/mol. The summed E-state index contributed by atoms with van der Waals surface area (Å²) in [6.07, 6.45) is 0. The second-order valence-electron chi connectivity index (χ2n) is 6.28. The van der Waals surface area contributed by atoms with Crippen molar-refractivity contribution in [1.82, 2.24) is 5.32 Å². The first kappa shape index (κ1) is 16.0. The van der Waals surface area contributed by atoms with Crippen molar-refractivity contribution in [3.8, 4) is 0 Å². The van der Waals surface area contributed by atoms with E-state index in [4.69, 9.17) is 0 Å². The van der Waals surface area contributed by atoms with Crippen molar-refractivity contribution in [3.05, 3.63) is 71.6 Å². The molecule has 4 heterocycles. The number of hydrogen-bond acceptors (Lipinski definition) is 4. The van der Waals surface area contributed by atoms with Crippen LogP contribution in [0.25, 0.3) is 5.57 Å². The quantitative estimate of drug-likeness (QED) is 0.681. The van der Waals surface area contributed by atoms with Crippen molar-refractivity contribution < 1.29 is 12.8 Å². The molecule has 0 aliphatic carbocycles. The Kier molecular flexibility index (Phi) is 3.63. The molecule has 6 rings (SSSR count). The van der Waals surface area contributed by atoms with Crippen LogP contribution in [0.5, 0.6) is 0 Å². The van der Waals surface area contributed by atoms with E-state index in [2.05, 4.69) is 11.4 Å². The van der Waals surface area contributed by atoms with Crippen molar-refractivity contribution in [3.63, 3.8) is 0 Å². The first-order valence-corrected chi connectivity index (χ1v) is 15.6. The Balaban J connectivity index is 1.72. The van der Waals surface area contributed by atoms with Gasteiger partial charge in [0.25, 0.3) is 0 Å². The van der Waals surface area contributed by atoms with Crippen LogP contribution in [-0.2, 0) is 9.84 Å². The van der Waals surface area contributed by atoms with Gasteiger partial charge in [-0.15, -0.1) is 0 Å². The van der Waals surface area contributed by atoms with Gasteiger partial charge in [0.05, 0.1) is 0 Å². The number of sulfone groups is 1. The maximum absolute atomic E-state index is 13.2. The molecule has 1 fully saturated rings. The predicted molar refractivity (Wildman–Crippen MR) is 99.8 cm³/mol. The standard InChI is InChI=1S/C18H13FNO2S2.In/c19-16-6-8-18(9-7-16)24(21,22)12-15(10-17-11-23-13-20-17)14-4-2-1-3-5-14;/h1-4,6-9,20H,11,13H2;. The summed E-state index contributed by atoms with van der Waals surface area (Å²) in [6, 6.07) is 13.3. The van der Waals surface area contributed by atoms with Gasteiger partial charge in [-0.1, -0.05) is 0 Å². The molecule has 2 aromatic carbocycles. The van der Waals surface area contributed by atoms with E-state index in [0.29, 0.717) is 2.66 Å². The SMILES string of the molecule is O=S(=O)([C]1=C2/[C](=C3\CSCN3)[In]1[c]1ccccc12)c1ccc(F)cc1. The van der Waals surface area contributed by atoms with Crippen LogP contribution in [0.4, 0.5) is 4.39 Å². The monoisotopic (exact) mass is 473 g/mol. The van der Waals surface area contributed by atoms with Gasteiger partial charge >= 0.3 is 158 Å². The number of rotatable bonds is 2. The van der Waals surface area contributed by atoms with Crippen LogP contribution < -0.4 is 8.64 Å². The summed E-state index contributed by atoms with van der Waals surface area (Å²) in [5.41, 5.74) is 3.27. The summed E-state index contributed by atoms with van der Waals surface area (Å²) in [5.74, 6) is 1.40. The summed E-state index contributed by atoms with van der Waals surface area (Å²) in [7, 11) is -3.55. The van der Waals surface area contributed by atoms with E-state index >= 15 is 0 Å². The second kappa shape index (κ2) is 5.66. The fraction of sp³-hybridized carbons (Fsp3) is 0.111. The molecule has 2 bridgehead atoms. The molecule has 4 aliphatic heterocycles. The van der Waals surface area contributed by atoms with E-state index in [1.807, 2.05) is 30.0 Å². The molecule has 0 radical (unpaired) electrons. The van der Waals surface area contributed by atoms with Crippen molar-refractivity contribution >= 4 is 51.9 Å². The molecule has 0 spiro atoms. The van der Waals surface area contributed by atoms with Crippen molar-refractivity contribution in [2.24, 2.45) is 0 Å². The third-order valence-electron chi connectivity index (χ3n) is 4.98. The minimum atomic E-state index is -3.55. The normalized spacial score (nSPS) is 21.2. The zero-order valence-electron chi connectivity index (χ0n) is 13.1. The summed E-state index contributed by atoms with van der Waals surface area (Å²) >= 11 is -0.927. The number of thioether (sulfide) groups is 1. The van der Waals surface area contributed by atoms with Gasteiger partial charge in [-0.25, -0.2) is 0 Å². The number of halogens is 1. The number of allylic oxidation sites excluding steroid dienone is 2. The summed E-state index contributed by atoms with van der Waals surface area (Å²) < 4.78 is 42.9. The zero-order chi connectivity index (χ0) is 17.2. The molecule has 3 nitrogen and oxygen atoms in total. The summed E-state index contributed by atoms with van der Waals surface area (Å²) in [6.45, 7) is 0. The second-order valence-corrected chi connectivity index (χ2v) is 17.9. The molecule has 1 N–H and O–H groups in total. The fourth-order valence-corrected chi connectivity index (χ4v) is 21.7. The molecule has 4 aliphatic rings. The Morgan fingerprint density at radius 2 is 1.84 bits per heavy atom. The van der Waals surface area contributed by atoms with Crippen molar-refractivity contribution in [1.29, 1.82) is 0 Å². The van der Waals surface area contributed by atoms with Crippen molar-refractivity contribution in [2.45, 2.75) is 4.90 Å². The average Bonchev–Trinajstić information content (AvgIpc) is 3.27. The molecule has 0 unspecified atom stereocenters. The third kappa shape index (κ3) is 2.22. The van der Waals surface area contributed by atoms with Gasteiger partial charge in [-0.3, -0.25) is 0 Å². The molecule has 0 saturated carbocycles. The van der Waals surface area contributed by atoms with E-state index < -0.39 is 37.1 Å². The Bertz CT molecular complexity index is 1070. The van der Waals surface area contributed by atoms with Crippen LogP contribution in [0.3, 0.4) is 0 Å². The first-order chi connectivity index (χ1) is 12.1. The molecule has 1 saturated heterocycles. The molecule has 25 heavy (non-hydrogen) atoms. The maximum atomic E-state index is 13.2. The third-order valence-corrected chi connectivity index (χ3v) is 20.7. The minimum absolute atomic E-state index is 0.203.